The number of carbonyl (C=O) groups is 2. The minimum atomic E-state index is -0.517. The lowest BCUT2D eigenvalue weighted by molar-refractivity contribution is -0.121. The average molecular weight is 469 g/mol. The smallest absolute Gasteiger partial charge is 0.249 e. The number of aromatic amines is 1. The summed E-state index contributed by atoms with van der Waals surface area (Å²) in [5, 5.41) is 9.95. The maximum Gasteiger partial charge on any atom is 0.249 e. The highest BCUT2D eigenvalue weighted by molar-refractivity contribution is 6.03. The van der Waals surface area contributed by atoms with E-state index in [4.69, 9.17) is 10.7 Å². The van der Waals surface area contributed by atoms with Gasteiger partial charge in [0, 0.05) is 41.7 Å². The zero-order chi connectivity index (χ0) is 24.2. The second kappa shape index (κ2) is 9.97. The van der Waals surface area contributed by atoms with E-state index in [2.05, 4.69) is 15.5 Å². The van der Waals surface area contributed by atoms with E-state index in [1.54, 1.807) is 18.5 Å². The lowest BCUT2D eigenvalue weighted by Gasteiger charge is -2.14. The Balaban J connectivity index is 1.49. The Labute approximate surface area is 203 Å². The Kier molecular flexibility index (Phi) is 6.43. The molecule has 8 heteroatoms. The maximum absolute atomic E-state index is 12.5. The predicted octanol–water partition coefficient (Wildman–Crippen LogP) is 4.02. The molecule has 0 radical (unpaired) electrons. The molecule has 2 amide bonds. The van der Waals surface area contributed by atoms with Gasteiger partial charge in [-0.15, -0.1) is 0 Å². The molecular weight excluding hydrogens is 440 g/mol. The largest absolute Gasteiger partial charge is 0.366 e. The van der Waals surface area contributed by atoms with E-state index in [1.807, 2.05) is 53.2 Å². The van der Waals surface area contributed by atoms with Crippen LogP contribution >= 0.6 is 0 Å². The number of unbranched alkanes of at least 4 members (excludes halogenated alkanes) is 1. The number of H-pyrrole nitrogens is 1. The molecule has 5 rings (SSSR count). The molecule has 1 saturated carbocycles. The van der Waals surface area contributed by atoms with Crippen molar-refractivity contribution in [2.24, 2.45) is 5.73 Å². The summed E-state index contributed by atoms with van der Waals surface area (Å²) >= 11 is 0. The highest BCUT2D eigenvalue weighted by Gasteiger charge is 2.23. The van der Waals surface area contributed by atoms with Crippen LogP contribution in [0.5, 0.6) is 0 Å². The van der Waals surface area contributed by atoms with Crippen molar-refractivity contribution < 1.29 is 9.59 Å². The third-order valence-corrected chi connectivity index (χ3v) is 6.18. The highest BCUT2D eigenvalue weighted by atomic mass is 16.2. The molecule has 4 aromatic rings. The van der Waals surface area contributed by atoms with E-state index in [0.29, 0.717) is 29.4 Å². The second-order valence-electron chi connectivity index (χ2n) is 8.89. The molecule has 2 aromatic carbocycles. The van der Waals surface area contributed by atoms with Crippen LogP contribution in [0.2, 0.25) is 0 Å². The van der Waals surface area contributed by atoms with Gasteiger partial charge in [0.15, 0.2) is 0 Å². The van der Waals surface area contributed by atoms with Crippen molar-refractivity contribution in [2.75, 3.05) is 0 Å². The van der Waals surface area contributed by atoms with Crippen LogP contribution in [-0.2, 0) is 11.2 Å². The molecule has 178 valence electrons. The summed E-state index contributed by atoms with van der Waals surface area (Å²) in [6.07, 6.45) is 10.6. The second-order valence-corrected chi connectivity index (χ2v) is 8.89. The van der Waals surface area contributed by atoms with E-state index in [0.717, 1.165) is 54.6 Å². The van der Waals surface area contributed by atoms with Crippen LogP contribution in [0.1, 0.15) is 48.2 Å². The molecule has 0 atom stereocenters. The third-order valence-electron chi connectivity index (χ3n) is 6.18. The summed E-state index contributed by atoms with van der Waals surface area (Å²) in [4.78, 5) is 29.4. The monoisotopic (exact) mass is 468 g/mol. The van der Waals surface area contributed by atoms with Gasteiger partial charge in [0.2, 0.25) is 11.8 Å². The standard InChI is InChI=1S/C27H28N6O2/c28-26(35)23-11-6-10-22(18-15-29-30-16-18)25(23)27-32-20(17-33(27)21-8-2-1-3-9-21)7-4-5-12-24(34)31-19-13-14-19/h1-3,6,8-11,15-17,19H,4-5,7,12-14H2,(H2,28,35)(H,29,30)(H,31,34). The molecule has 4 N–H and O–H groups in total. The number of hydrogen-bond acceptors (Lipinski definition) is 4. The predicted molar refractivity (Wildman–Crippen MR) is 134 cm³/mol. The van der Waals surface area contributed by atoms with Gasteiger partial charge in [-0.1, -0.05) is 30.3 Å². The van der Waals surface area contributed by atoms with E-state index in [-0.39, 0.29) is 5.91 Å². The number of aryl methyl sites for hydroxylation is 1. The van der Waals surface area contributed by atoms with Crippen molar-refractivity contribution in [3.8, 4) is 28.2 Å². The van der Waals surface area contributed by atoms with Crippen LogP contribution in [0.25, 0.3) is 28.2 Å². The van der Waals surface area contributed by atoms with Crippen molar-refractivity contribution in [3.05, 3.63) is 78.4 Å². The average Bonchev–Trinajstić information content (AvgIpc) is 3.33. The lowest BCUT2D eigenvalue weighted by Crippen LogP contribution is -2.24. The molecule has 1 aliphatic rings. The number of carbonyl (C=O) groups excluding carboxylic acids is 2. The van der Waals surface area contributed by atoms with E-state index < -0.39 is 5.91 Å². The van der Waals surface area contributed by atoms with Gasteiger partial charge in [-0.2, -0.15) is 5.10 Å². The fourth-order valence-electron chi connectivity index (χ4n) is 4.27. The van der Waals surface area contributed by atoms with Crippen LogP contribution in [-0.4, -0.2) is 37.6 Å². The minimum absolute atomic E-state index is 0.128. The normalized spacial score (nSPS) is 13.0. The first-order chi connectivity index (χ1) is 17.1. The molecule has 1 fully saturated rings. The van der Waals surface area contributed by atoms with Crippen molar-refractivity contribution in [1.82, 2.24) is 25.1 Å². The molecule has 2 aromatic heterocycles. The van der Waals surface area contributed by atoms with Gasteiger partial charge in [-0.3, -0.25) is 19.3 Å². The number of hydrogen-bond donors (Lipinski definition) is 3. The third kappa shape index (κ3) is 5.16. The molecule has 35 heavy (non-hydrogen) atoms. The van der Waals surface area contributed by atoms with Crippen LogP contribution < -0.4 is 11.1 Å². The van der Waals surface area contributed by atoms with Crippen molar-refractivity contribution in [2.45, 2.75) is 44.6 Å². The van der Waals surface area contributed by atoms with Crippen molar-refractivity contribution >= 4 is 11.8 Å². The summed E-state index contributed by atoms with van der Waals surface area (Å²) in [5.41, 5.74) is 10.4. The van der Waals surface area contributed by atoms with Crippen molar-refractivity contribution in [1.29, 1.82) is 0 Å². The van der Waals surface area contributed by atoms with Gasteiger partial charge in [-0.05, 0) is 55.9 Å². The Hall–Kier alpha value is -4.20. The zero-order valence-electron chi connectivity index (χ0n) is 19.4. The number of para-hydroxylation sites is 1. The number of nitrogens with zero attached hydrogens (tertiary/aromatic N) is 3. The minimum Gasteiger partial charge on any atom is -0.366 e. The number of imidazole rings is 1. The van der Waals surface area contributed by atoms with Gasteiger partial charge in [0.25, 0.3) is 0 Å². The van der Waals surface area contributed by atoms with Crippen molar-refractivity contribution in [3.63, 3.8) is 0 Å². The number of benzene rings is 2. The summed E-state index contributed by atoms with van der Waals surface area (Å²) in [7, 11) is 0. The first kappa shape index (κ1) is 22.6. The van der Waals surface area contributed by atoms with Crippen LogP contribution in [0.4, 0.5) is 0 Å². The Morgan fingerprint density at radius 3 is 2.63 bits per heavy atom. The maximum atomic E-state index is 12.5. The number of aromatic nitrogens is 4. The molecule has 0 spiro atoms. The molecule has 0 bridgehead atoms. The Morgan fingerprint density at radius 2 is 1.91 bits per heavy atom. The Bertz CT molecular complexity index is 1320. The van der Waals surface area contributed by atoms with Gasteiger partial charge in [-0.25, -0.2) is 4.98 Å². The van der Waals surface area contributed by atoms with Crippen LogP contribution in [0.15, 0.2) is 67.1 Å². The van der Waals surface area contributed by atoms with Crippen LogP contribution in [0.3, 0.4) is 0 Å². The van der Waals surface area contributed by atoms with Gasteiger partial charge >= 0.3 is 0 Å². The fraction of sp³-hybridized carbons (Fsp3) is 0.259. The lowest BCUT2D eigenvalue weighted by atomic mass is 9.96. The molecule has 2 heterocycles. The molecule has 0 aliphatic heterocycles. The topological polar surface area (TPSA) is 119 Å². The summed E-state index contributed by atoms with van der Waals surface area (Å²) in [5.74, 6) is 0.252. The van der Waals surface area contributed by atoms with E-state index in [9.17, 15) is 9.59 Å². The molecule has 0 unspecified atom stereocenters. The number of rotatable bonds is 10. The zero-order valence-corrected chi connectivity index (χ0v) is 19.4. The van der Waals surface area contributed by atoms with Gasteiger partial charge in [0.1, 0.15) is 5.82 Å². The molecule has 1 aliphatic carbocycles. The highest BCUT2D eigenvalue weighted by Crippen LogP contribution is 2.35. The Morgan fingerprint density at radius 1 is 1.09 bits per heavy atom. The molecule has 0 saturated heterocycles. The van der Waals surface area contributed by atoms with E-state index in [1.165, 1.54) is 0 Å². The SMILES string of the molecule is NC(=O)c1cccc(-c2cn[nH]c2)c1-c1nc(CCCCC(=O)NC2CC2)cn1-c1ccccc1. The van der Waals surface area contributed by atoms with Crippen LogP contribution in [0, 0.1) is 0 Å². The molecule has 8 nitrogen and oxygen atoms in total. The van der Waals surface area contributed by atoms with E-state index >= 15 is 0 Å². The number of nitrogens with two attached hydrogens (primary N) is 1. The summed E-state index contributed by atoms with van der Waals surface area (Å²) in [6.45, 7) is 0. The number of nitrogens with one attached hydrogen (secondary N) is 2. The summed E-state index contributed by atoms with van der Waals surface area (Å²) in [6, 6.07) is 15.8. The number of primary amides is 1. The first-order valence-corrected chi connectivity index (χ1v) is 12.0. The number of amides is 2. The molecular formula is C27H28N6O2. The fourth-order valence-corrected chi connectivity index (χ4v) is 4.27. The van der Waals surface area contributed by atoms with Gasteiger partial charge < -0.3 is 11.1 Å². The quantitative estimate of drug-likeness (QED) is 0.305. The summed E-state index contributed by atoms with van der Waals surface area (Å²) < 4.78 is 2.00. The first-order valence-electron chi connectivity index (χ1n) is 12.0. The van der Waals surface area contributed by atoms with Gasteiger partial charge in [0.05, 0.1) is 17.5 Å².